The van der Waals surface area contributed by atoms with E-state index in [1.165, 1.54) is 11.6 Å². The number of hydrogen-bond acceptors (Lipinski definition) is 1. The van der Waals surface area contributed by atoms with E-state index >= 15 is 4.39 Å². The third-order valence-electron chi connectivity index (χ3n) is 6.44. The number of rotatable bonds is 5. The van der Waals surface area contributed by atoms with Gasteiger partial charge in [0.2, 0.25) is 0 Å². The van der Waals surface area contributed by atoms with Crippen LogP contribution in [0.1, 0.15) is 42.9 Å². The van der Waals surface area contributed by atoms with Crippen molar-refractivity contribution < 1.29 is 8.78 Å². The van der Waals surface area contributed by atoms with Gasteiger partial charge in [-0.3, -0.25) is 4.40 Å². The monoisotopic (exact) mass is 428 g/mol. The maximum Gasteiger partial charge on any atom is 0.145 e. The van der Waals surface area contributed by atoms with Crippen molar-refractivity contribution in [2.75, 3.05) is 0 Å². The zero-order chi connectivity index (χ0) is 22.4. The number of aromatic nitrogens is 2. The molecule has 0 amide bonds. The molecule has 0 bridgehead atoms. The Bertz CT molecular complexity index is 1460. The van der Waals surface area contributed by atoms with Crippen molar-refractivity contribution in [3.63, 3.8) is 0 Å². The second-order valence-corrected chi connectivity index (χ2v) is 8.69. The lowest BCUT2D eigenvalue weighted by atomic mass is 9.98. The summed E-state index contributed by atoms with van der Waals surface area (Å²) in [6, 6.07) is 14.8. The van der Waals surface area contributed by atoms with Crippen LogP contribution in [0.4, 0.5) is 8.78 Å². The quantitative estimate of drug-likeness (QED) is 0.205. The van der Waals surface area contributed by atoms with Crippen LogP contribution in [0, 0.1) is 25.5 Å². The molecule has 0 aliphatic carbocycles. The van der Waals surface area contributed by atoms with Crippen molar-refractivity contribution in [2.24, 2.45) is 0 Å². The fraction of sp³-hybridized carbons (Fsp3) is 0.250. The molecular weight excluding hydrogens is 402 g/mol. The molecule has 0 unspecified atom stereocenters. The van der Waals surface area contributed by atoms with Gasteiger partial charge in [0.05, 0.1) is 17.4 Å². The minimum atomic E-state index is -0.591. The van der Waals surface area contributed by atoms with Crippen molar-refractivity contribution in [1.29, 1.82) is 0 Å². The number of fused-ring (bicyclic) bond motifs is 6. The first-order chi connectivity index (χ1) is 15.5. The highest BCUT2D eigenvalue weighted by atomic mass is 19.1. The second kappa shape index (κ2) is 8.01. The Morgan fingerprint density at radius 3 is 2.44 bits per heavy atom. The molecule has 0 saturated carbocycles. The zero-order valence-corrected chi connectivity index (χ0v) is 18.7. The smallest absolute Gasteiger partial charge is 0.145 e. The number of hydrogen-bond donors (Lipinski definition) is 0. The third-order valence-corrected chi connectivity index (χ3v) is 6.44. The molecule has 32 heavy (non-hydrogen) atoms. The summed E-state index contributed by atoms with van der Waals surface area (Å²) < 4.78 is 31.5. The first-order valence-electron chi connectivity index (χ1n) is 11.3. The molecule has 0 atom stereocenters. The number of benzene rings is 3. The van der Waals surface area contributed by atoms with Crippen LogP contribution in [0.25, 0.3) is 38.6 Å². The maximum atomic E-state index is 15.1. The van der Waals surface area contributed by atoms with E-state index in [1.54, 1.807) is 0 Å². The van der Waals surface area contributed by atoms with Gasteiger partial charge in [-0.15, -0.1) is 0 Å². The van der Waals surface area contributed by atoms with Gasteiger partial charge in [0.25, 0.3) is 0 Å². The average molecular weight is 429 g/mol. The Balaban J connectivity index is 1.90. The Morgan fingerprint density at radius 1 is 0.906 bits per heavy atom. The molecular formula is C28H26F2N2. The topological polar surface area (TPSA) is 17.3 Å². The summed E-state index contributed by atoms with van der Waals surface area (Å²) in [7, 11) is 0. The van der Waals surface area contributed by atoms with Crippen LogP contribution in [-0.4, -0.2) is 9.38 Å². The molecule has 4 heteroatoms. The Hall–Kier alpha value is -3.27. The van der Waals surface area contributed by atoms with Crippen LogP contribution >= 0.6 is 0 Å². The molecule has 5 rings (SSSR count). The number of nitrogens with zero attached hydrogens (tertiary/aromatic N) is 2. The molecule has 0 saturated heterocycles. The Morgan fingerprint density at radius 2 is 1.69 bits per heavy atom. The van der Waals surface area contributed by atoms with Gasteiger partial charge in [0.1, 0.15) is 17.3 Å². The Kier molecular flexibility index (Phi) is 5.16. The summed E-state index contributed by atoms with van der Waals surface area (Å²) in [4.78, 5) is 4.65. The van der Waals surface area contributed by atoms with Crippen LogP contribution in [0.15, 0.2) is 54.7 Å². The highest BCUT2D eigenvalue weighted by Crippen LogP contribution is 2.37. The first-order valence-corrected chi connectivity index (χ1v) is 11.3. The molecule has 2 aromatic heterocycles. The molecule has 3 aromatic carbocycles. The van der Waals surface area contributed by atoms with E-state index in [-0.39, 0.29) is 0 Å². The van der Waals surface area contributed by atoms with Gasteiger partial charge in [-0.1, -0.05) is 44.0 Å². The molecule has 162 valence electrons. The van der Waals surface area contributed by atoms with E-state index in [0.717, 1.165) is 65.0 Å². The normalized spacial score (nSPS) is 11.8. The van der Waals surface area contributed by atoms with Crippen molar-refractivity contribution in [2.45, 2.75) is 46.5 Å². The van der Waals surface area contributed by atoms with E-state index in [4.69, 9.17) is 0 Å². The van der Waals surface area contributed by atoms with Crippen LogP contribution < -0.4 is 0 Å². The molecule has 0 aliphatic rings. The lowest BCUT2D eigenvalue weighted by Crippen LogP contribution is -1.99. The molecule has 0 fully saturated rings. The van der Waals surface area contributed by atoms with E-state index in [2.05, 4.69) is 60.5 Å². The lowest BCUT2D eigenvalue weighted by Gasteiger charge is -2.15. The zero-order valence-electron chi connectivity index (χ0n) is 18.7. The summed E-state index contributed by atoms with van der Waals surface area (Å²) in [6.07, 6.45) is 6.17. The van der Waals surface area contributed by atoms with Gasteiger partial charge in [0, 0.05) is 27.8 Å². The summed E-state index contributed by atoms with van der Waals surface area (Å²) >= 11 is 0. The predicted octanol–water partition coefficient (Wildman–Crippen LogP) is 7.94. The van der Waals surface area contributed by atoms with Gasteiger partial charge in [-0.2, -0.15) is 0 Å². The molecule has 0 aliphatic heterocycles. The summed E-state index contributed by atoms with van der Waals surface area (Å²) in [5.41, 5.74) is 6.94. The van der Waals surface area contributed by atoms with Gasteiger partial charge in [-0.25, -0.2) is 13.8 Å². The molecule has 2 nitrogen and oxygen atoms in total. The summed E-state index contributed by atoms with van der Waals surface area (Å²) in [6.45, 7) is 6.34. The van der Waals surface area contributed by atoms with Crippen molar-refractivity contribution >= 4 is 27.3 Å². The van der Waals surface area contributed by atoms with Crippen molar-refractivity contribution in [3.8, 4) is 11.3 Å². The Labute approximate surface area is 186 Å². The number of halogens is 2. The average Bonchev–Trinajstić information content (AvgIpc) is 3.18. The fourth-order valence-corrected chi connectivity index (χ4v) is 4.92. The maximum absolute atomic E-state index is 15.1. The molecule has 2 heterocycles. The van der Waals surface area contributed by atoms with E-state index in [0.29, 0.717) is 16.4 Å². The molecule has 5 aromatic rings. The SMILES string of the molecule is CCCCCc1ccc2c(c1)c1c(F)cc(F)cc1c1ncc(-c3c(C)cccc3C)n21. The first kappa shape index (κ1) is 20.6. The highest BCUT2D eigenvalue weighted by Gasteiger charge is 2.19. The van der Waals surface area contributed by atoms with E-state index < -0.39 is 11.6 Å². The van der Waals surface area contributed by atoms with Crippen LogP contribution in [0.5, 0.6) is 0 Å². The van der Waals surface area contributed by atoms with Gasteiger partial charge in [-0.05, 0) is 61.6 Å². The van der Waals surface area contributed by atoms with Crippen LogP contribution in [0.3, 0.4) is 0 Å². The highest BCUT2D eigenvalue weighted by molar-refractivity contribution is 6.13. The van der Waals surface area contributed by atoms with Crippen molar-refractivity contribution in [1.82, 2.24) is 9.38 Å². The fourth-order valence-electron chi connectivity index (χ4n) is 4.92. The predicted molar refractivity (Wildman–Crippen MR) is 128 cm³/mol. The molecule has 0 N–H and O–H groups in total. The number of imidazole rings is 1. The third kappa shape index (κ3) is 3.26. The lowest BCUT2D eigenvalue weighted by molar-refractivity contribution is 0.592. The van der Waals surface area contributed by atoms with Crippen LogP contribution in [0.2, 0.25) is 0 Å². The minimum Gasteiger partial charge on any atom is -0.292 e. The summed E-state index contributed by atoms with van der Waals surface area (Å²) in [5.74, 6) is -1.14. The molecule has 0 radical (unpaired) electrons. The standard InChI is InChI=1S/C28H26F2N2/c1-4-5-6-10-19-11-12-24-21(13-19)27-22(14-20(29)15-23(27)30)28-31-16-25(32(24)28)26-17(2)8-7-9-18(26)3/h7-9,11-16H,4-6,10H2,1-3H3. The number of aryl methyl sites for hydroxylation is 3. The largest absolute Gasteiger partial charge is 0.292 e. The van der Waals surface area contributed by atoms with Gasteiger partial charge < -0.3 is 0 Å². The molecule has 0 spiro atoms. The summed E-state index contributed by atoms with van der Waals surface area (Å²) in [5, 5.41) is 1.73. The van der Waals surface area contributed by atoms with Crippen molar-refractivity contribution in [3.05, 3.63) is 83.1 Å². The van der Waals surface area contributed by atoms with Crippen LogP contribution in [-0.2, 0) is 6.42 Å². The van der Waals surface area contributed by atoms with E-state index in [1.807, 2.05) is 12.3 Å². The minimum absolute atomic E-state index is 0.435. The number of unbranched alkanes of at least 4 members (excludes halogenated alkanes) is 2. The van der Waals surface area contributed by atoms with Gasteiger partial charge >= 0.3 is 0 Å². The van der Waals surface area contributed by atoms with E-state index in [9.17, 15) is 4.39 Å². The second-order valence-electron chi connectivity index (χ2n) is 8.69. The number of pyridine rings is 1. The van der Waals surface area contributed by atoms with Gasteiger partial charge in [0.15, 0.2) is 0 Å².